The van der Waals surface area contributed by atoms with Crippen LogP contribution < -0.4 is 5.32 Å². The molecule has 1 fully saturated rings. The van der Waals surface area contributed by atoms with Gasteiger partial charge in [-0.05, 0) is 39.4 Å². The van der Waals surface area contributed by atoms with Gasteiger partial charge in [-0.25, -0.2) is 0 Å². The van der Waals surface area contributed by atoms with Gasteiger partial charge in [0.05, 0.1) is 5.54 Å². The molecule has 1 aliphatic rings. The third-order valence-corrected chi connectivity index (χ3v) is 3.85. The van der Waals surface area contributed by atoms with Gasteiger partial charge in [0.2, 0.25) is 5.89 Å². The predicted molar refractivity (Wildman–Crippen MR) is 70.4 cm³/mol. The number of nitrogens with one attached hydrogen (secondary N) is 1. The zero-order chi connectivity index (χ0) is 13.0. The maximum absolute atomic E-state index is 5.41. The molecule has 0 amide bonds. The molecule has 102 valence electrons. The minimum Gasteiger partial charge on any atom is -0.337 e. The molecule has 5 nitrogen and oxygen atoms in total. The minimum absolute atomic E-state index is 0.111. The first-order valence-corrected chi connectivity index (χ1v) is 6.98. The molecule has 0 aromatic carbocycles. The van der Waals surface area contributed by atoms with Crippen LogP contribution in [-0.2, 0) is 12.0 Å². The third-order valence-electron chi connectivity index (χ3n) is 3.85. The highest BCUT2D eigenvalue weighted by Gasteiger charge is 2.35. The van der Waals surface area contributed by atoms with Crippen LogP contribution in [0.4, 0.5) is 0 Å². The van der Waals surface area contributed by atoms with Crippen molar-refractivity contribution in [2.45, 2.75) is 45.6 Å². The molecular formula is C13H24N4O. The lowest BCUT2D eigenvalue weighted by atomic mass is 10.0. The fourth-order valence-electron chi connectivity index (χ4n) is 2.45. The van der Waals surface area contributed by atoms with Crippen LogP contribution in [0, 0.1) is 0 Å². The second-order valence-corrected chi connectivity index (χ2v) is 5.16. The van der Waals surface area contributed by atoms with Gasteiger partial charge in [-0.3, -0.25) is 0 Å². The smallest absolute Gasteiger partial charge is 0.246 e. The quantitative estimate of drug-likeness (QED) is 0.832. The Morgan fingerprint density at radius 3 is 2.78 bits per heavy atom. The van der Waals surface area contributed by atoms with Crippen LogP contribution in [0.1, 0.15) is 45.3 Å². The van der Waals surface area contributed by atoms with Crippen molar-refractivity contribution >= 4 is 0 Å². The maximum atomic E-state index is 5.41. The summed E-state index contributed by atoms with van der Waals surface area (Å²) in [6, 6.07) is 0. The van der Waals surface area contributed by atoms with Crippen LogP contribution in [0.25, 0.3) is 0 Å². The molecule has 1 saturated heterocycles. The van der Waals surface area contributed by atoms with Crippen molar-refractivity contribution in [1.82, 2.24) is 20.4 Å². The first kappa shape index (κ1) is 13.5. The average molecular weight is 252 g/mol. The lowest BCUT2D eigenvalue weighted by Crippen LogP contribution is -2.33. The second kappa shape index (κ2) is 5.80. The summed E-state index contributed by atoms with van der Waals surface area (Å²) in [5, 5.41) is 7.54. The van der Waals surface area contributed by atoms with Gasteiger partial charge in [0.15, 0.2) is 5.82 Å². The largest absolute Gasteiger partial charge is 0.337 e. The van der Waals surface area contributed by atoms with Crippen molar-refractivity contribution in [3.63, 3.8) is 0 Å². The highest BCUT2D eigenvalue weighted by molar-refractivity contribution is 5.04. The monoisotopic (exact) mass is 252 g/mol. The summed E-state index contributed by atoms with van der Waals surface area (Å²) in [5.41, 5.74) is -0.111. The maximum Gasteiger partial charge on any atom is 0.246 e. The molecule has 0 saturated carbocycles. The van der Waals surface area contributed by atoms with Gasteiger partial charge in [0, 0.05) is 13.0 Å². The number of nitrogens with zero attached hydrogens (tertiary/aromatic N) is 3. The molecule has 1 aromatic heterocycles. The minimum atomic E-state index is -0.111. The molecule has 0 aliphatic carbocycles. The topological polar surface area (TPSA) is 54.2 Å². The van der Waals surface area contributed by atoms with Crippen molar-refractivity contribution in [1.29, 1.82) is 0 Å². The lowest BCUT2D eigenvalue weighted by Gasteiger charge is -2.18. The summed E-state index contributed by atoms with van der Waals surface area (Å²) in [6.07, 6.45) is 3.11. The van der Waals surface area contributed by atoms with Gasteiger partial charge in [-0.15, -0.1) is 0 Å². The third kappa shape index (κ3) is 2.90. The Balaban J connectivity index is 1.94. The summed E-state index contributed by atoms with van der Waals surface area (Å²) in [5.74, 6) is 1.57. The summed E-state index contributed by atoms with van der Waals surface area (Å²) in [4.78, 5) is 6.90. The summed E-state index contributed by atoms with van der Waals surface area (Å²) < 4.78 is 5.41. The first-order chi connectivity index (χ1) is 8.68. The lowest BCUT2D eigenvalue weighted by molar-refractivity contribution is 0.272. The van der Waals surface area contributed by atoms with Gasteiger partial charge in [0.25, 0.3) is 0 Å². The van der Waals surface area contributed by atoms with E-state index in [0.29, 0.717) is 0 Å². The van der Waals surface area contributed by atoms with Crippen LogP contribution in [0.5, 0.6) is 0 Å². The van der Waals surface area contributed by atoms with Crippen LogP contribution in [0.3, 0.4) is 0 Å². The Labute approximate surface area is 109 Å². The summed E-state index contributed by atoms with van der Waals surface area (Å²) in [7, 11) is 0. The SMILES string of the molecule is CCN(CC)CCc1noc(C2(C)CCCN2)n1. The number of likely N-dealkylation sites (N-methyl/N-ethyl adjacent to an activating group) is 1. The number of rotatable bonds is 6. The molecule has 0 spiro atoms. The van der Waals surface area contributed by atoms with E-state index in [-0.39, 0.29) is 5.54 Å². The molecule has 0 radical (unpaired) electrons. The second-order valence-electron chi connectivity index (χ2n) is 5.16. The fraction of sp³-hybridized carbons (Fsp3) is 0.846. The van der Waals surface area contributed by atoms with E-state index in [4.69, 9.17) is 4.52 Å². The van der Waals surface area contributed by atoms with Gasteiger partial charge < -0.3 is 14.7 Å². The Bertz CT molecular complexity index is 367. The van der Waals surface area contributed by atoms with Gasteiger partial charge >= 0.3 is 0 Å². The fourth-order valence-corrected chi connectivity index (χ4v) is 2.45. The van der Waals surface area contributed by atoms with Crippen molar-refractivity contribution < 1.29 is 4.52 Å². The molecule has 0 bridgehead atoms. The highest BCUT2D eigenvalue weighted by atomic mass is 16.5. The van der Waals surface area contributed by atoms with E-state index in [2.05, 4.69) is 41.1 Å². The first-order valence-electron chi connectivity index (χ1n) is 6.98. The molecule has 1 N–H and O–H groups in total. The van der Waals surface area contributed by atoms with E-state index in [0.717, 1.165) is 50.7 Å². The molecule has 18 heavy (non-hydrogen) atoms. The highest BCUT2D eigenvalue weighted by Crippen LogP contribution is 2.28. The standard InChI is InChI=1S/C13H24N4O/c1-4-17(5-2)10-7-11-15-12(18-16-11)13(3)8-6-9-14-13/h14H,4-10H2,1-3H3. The van der Waals surface area contributed by atoms with Crippen LogP contribution in [-0.4, -0.2) is 41.2 Å². The van der Waals surface area contributed by atoms with E-state index in [1.54, 1.807) is 0 Å². The molecule has 1 aromatic rings. The van der Waals surface area contributed by atoms with E-state index in [1.807, 2.05) is 0 Å². The Kier molecular flexibility index (Phi) is 4.35. The molecule has 5 heteroatoms. The number of hydrogen-bond acceptors (Lipinski definition) is 5. The van der Waals surface area contributed by atoms with E-state index in [9.17, 15) is 0 Å². The van der Waals surface area contributed by atoms with Gasteiger partial charge in [0.1, 0.15) is 0 Å². The molecule has 1 unspecified atom stereocenters. The number of hydrogen-bond donors (Lipinski definition) is 1. The van der Waals surface area contributed by atoms with Crippen molar-refractivity contribution in [3.8, 4) is 0 Å². The van der Waals surface area contributed by atoms with Gasteiger partial charge in [-0.1, -0.05) is 19.0 Å². The Morgan fingerprint density at radius 1 is 1.39 bits per heavy atom. The average Bonchev–Trinajstić information content (AvgIpc) is 3.00. The van der Waals surface area contributed by atoms with E-state index in [1.165, 1.54) is 6.42 Å². The summed E-state index contributed by atoms with van der Waals surface area (Å²) >= 11 is 0. The van der Waals surface area contributed by atoms with Crippen molar-refractivity contribution in [3.05, 3.63) is 11.7 Å². The summed E-state index contributed by atoms with van der Waals surface area (Å²) in [6.45, 7) is 10.7. The Hall–Kier alpha value is -0.940. The zero-order valence-corrected chi connectivity index (χ0v) is 11.7. The molecule has 2 heterocycles. The van der Waals surface area contributed by atoms with E-state index >= 15 is 0 Å². The predicted octanol–water partition coefficient (Wildman–Crippen LogP) is 1.55. The Morgan fingerprint density at radius 2 is 2.17 bits per heavy atom. The molecular weight excluding hydrogens is 228 g/mol. The molecule has 1 aliphatic heterocycles. The van der Waals surface area contributed by atoms with E-state index < -0.39 is 0 Å². The normalized spacial score (nSPS) is 24.0. The molecule has 2 rings (SSSR count). The van der Waals surface area contributed by atoms with Crippen LogP contribution >= 0.6 is 0 Å². The van der Waals surface area contributed by atoms with Crippen LogP contribution in [0.15, 0.2) is 4.52 Å². The van der Waals surface area contributed by atoms with Crippen molar-refractivity contribution in [2.75, 3.05) is 26.2 Å². The van der Waals surface area contributed by atoms with Crippen LogP contribution in [0.2, 0.25) is 0 Å². The molecule has 1 atom stereocenters. The zero-order valence-electron chi connectivity index (χ0n) is 11.7. The number of aromatic nitrogens is 2. The van der Waals surface area contributed by atoms with Crippen molar-refractivity contribution in [2.24, 2.45) is 0 Å². The van der Waals surface area contributed by atoms with Gasteiger partial charge in [-0.2, -0.15) is 4.98 Å².